The third kappa shape index (κ3) is 5.11. The Bertz CT molecular complexity index is 1070. The quantitative estimate of drug-likeness (QED) is 0.680. The number of urea groups is 1. The lowest BCUT2D eigenvalue weighted by atomic mass is 10.2. The van der Waals surface area contributed by atoms with E-state index >= 15 is 0 Å². The molecular formula is C21H24N6O2S. The first-order valence-electron chi connectivity index (χ1n) is 9.86. The standard InChI is InChI=1S/C21H24N6O2S/c1-16-23-19(15-30-16)14-25-8-10-26(11-9-25)21(29)24-18-5-2-4-17(12-18)13-27-7-3-6-22-20(27)28/h2-7,12,15H,8-11,13-14H2,1H3,(H,24,29). The van der Waals surface area contributed by atoms with E-state index < -0.39 is 0 Å². The van der Waals surface area contributed by atoms with Crippen LogP contribution in [-0.2, 0) is 13.1 Å². The smallest absolute Gasteiger partial charge is 0.322 e. The van der Waals surface area contributed by atoms with Gasteiger partial charge in [-0.2, -0.15) is 0 Å². The number of thiazole rings is 1. The minimum Gasteiger partial charge on any atom is -0.322 e. The van der Waals surface area contributed by atoms with Gasteiger partial charge in [0, 0.05) is 56.2 Å². The molecule has 0 bridgehead atoms. The Morgan fingerprint density at radius 2 is 2.00 bits per heavy atom. The number of aryl methyl sites for hydroxylation is 1. The Hall–Kier alpha value is -3.04. The van der Waals surface area contributed by atoms with Gasteiger partial charge in [-0.1, -0.05) is 12.1 Å². The van der Waals surface area contributed by atoms with Gasteiger partial charge >= 0.3 is 11.7 Å². The highest BCUT2D eigenvalue weighted by Gasteiger charge is 2.21. The summed E-state index contributed by atoms with van der Waals surface area (Å²) >= 11 is 1.67. The van der Waals surface area contributed by atoms with Gasteiger partial charge in [0.2, 0.25) is 0 Å². The maximum absolute atomic E-state index is 12.7. The van der Waals surface area contributed by atoms with Gasteiger partial charge < -0.3 is 10.2 Å². The zero-order valence-electron chi connectivity index (χ0n) is 16.8. The fourth-order valence-electron chi connectivity index (χ4n) is 3.47. The van der Waals surface area contributed by atoms with Gasteiger partial charge in [0.1, 0.15) is 0 Å². The second kappa shape index (κ2) is 9.19. The fraction of sp³-hybridized carbons (Fsp3) is 0.333. The number of hydrogen-bond donors (Lipinski definition) is 1. The van der Waals surface area contributed by atoms with Crippen LogP contribution in [0.1, 0.15) is 16.3 Å². The summed E-state index contributed by atoms with van der Waals surface area (Å²) in [5.74, 6) is 0. The van der Waals surface area contributed by atoms with E-state index in [1.165, 1.54) is 10.8 Å². The molecule has 1 aromatic carbocycles. The molecule has 0 unspecified atom stereocenters. The number of carbonyl (C=O) groups is 1. The molecule has 0 aliphatic carbocycles. The summed E-state index contributed by atoms with van der Waals surface area (Å²) in [5, 5.41) is 6.16. The van der Waals surface area contributed by atoms with Crippen LogP contribution in [0.15, 0.2) is 52.9 Å². The number of piperazine rings is 1. The molecule has 1 N–H and O–H groups in total. The Labute approximate surface area is 178 Å². The Balaban J connectivity index is 1.31. The van der Waals surface area contributed by atoms with Crippen LogP contribution in [0.4, 0.5) is 10.5 Å². The van der Waals surface area contributed by atoms with E-state index in [0.29, 0.717) is 19.6 Å². The molecule has 3 aromatic rings. The molecule has 9 heteroatoms. The van der Waals surface area contributed by atoms with E-state index in [9.17, 15) is 9.59 Å². The first-order chi connectivity index (χ1) is 14.6. The van der Waals surface area contributed by atoms with Crippen LogP contribution in [0.3, 0.4) is 0 Å². The van der Waals surface area contributed by atoms with Gasteiger partial charge in [-0.25, -0.2) is 19.6 Å². The maximum Gasteiger partial charge on any atom is 0.347 e. The van der Waals surface area contributed by atoms with Crippen molar-refractivity contribution in [2.24, 2.45) is 0 Å². The van der Waals surface area contributed by atoms with Crippen molar-refractivity contribution in [3.8, 4) is 0 Å². The summed E-state index contributed by atoms with van der Waals surface area (Å²) in [4.78, 5) is 36.9. The van der Waals surface area contributed by atoms with Crippen molar-refractivity contribution in [1.29, 1.82) is 0 Å². The van der Waals surface area contributed by atoms with Crippen LogP contribution < -0.4 is 11.0 Å². The van der Waals surface area contributed by atoms with Crippen molar-refractivity contribution >= 4 is 23.1 Å². The highest BCUT2D eigenvalue weighted by Crippen LogP contribution is 2.15. The van der Waals surface area contributed by atoms with Crippen LogP contribution in [0, 0.1) is 6.92 Å². The molecule has 2 amide bonds. The average molecular weight is 425 g/mol. The van der Waals surface area contributed by atoms with Crippen LogP contribution >= 0.6 is 11.3 Å². The monoisotopic (exact) mass is 424 g/mol. The summed E-state index contributed by atoms with van der Waals surface area (Å²) in [6.45, 7) is 6.27. The molecule has 4 rings (SSSR count). The molecule has 0 atom stereocenters. The molecule has 156 valence electrons. The van der Waals surface area contributed by atoms with Crippen molar-refractivity contribution in [2.45, 2.75) is 20.0 Å². The lowest BCUT2D eigenvalue weighted by molar-refractivity contribution is 0.142. The molecule has 30 heavy (non-hydrogen) atoms. The minimum absolute atomic E-state index is 0.102. The fourth-order valence-corrected chi connectivity index (χ4v) is 4.08. The van der Waals surface area contributed by atoms with E-state index in [1.807, 2.05) is 36.1 Å². The normalized spacial score (nSPS) is 14.6. The van der Waals surface area contributed by atoms with Crippen LogP contribution in [0.2, 0.25) is 0 Å². The lowest BCUT2D eigenvalue weighted by Gasteiger charge is -2.34. The van der Waals surface area contributed by atoms with E-state index in [-0.39, 0.29) is 11.7 Å². The number of nitrogens with zero attached hydrogens (tertiary/aromatic N) is 5. The van der Waals surface area contributed by atoms with Crippen molar-refractivity contribution in [2.75, 3.05) is 31.5 Å². The predicted molar refractivity (Wildman–Crippen MR) is 117 cm³/mol. The summed E-state index contributed by atoms with van der Waals surface area (Å²) < 4.78 is 1.53. The molecule has 0 saturated carbocycles. The predicted octanol–water partition coefficient (Wildman–Crippen LogP) is 2.41. The third-order valence-electron chi connectivity index (χ3n) is 5.03. The first-order valence-corrected chi connectivity index (χ1v) is 10.7. The molecule has 1 aliphatic rings. The second-order valence-corrected chi connectivity index (χ2v) is 8.34. The number of rotatable bonds is 5. The number of amides is 2. The summed E-state index contributed by atoms with van der Waals surface area (Å²) in [6.07, 6.45) is 3.18. The lowest BCUT2D eigenvalue weighted by Crippen LogP contribution is -2.49. The van der Waals surface area contributed by atoms with Crippen LogP contribution in [0.25, 0.3) is 0 Å². The topological polar surface area (TPSA) is 83.4 Å². The van der Waals surface area contributed by atoms with E-state index in [0.717, 1.165) is 41.6 Å². The zero-order chi connectivity index (χ0) is 20.9. The van der Waals surface area contributed by atoms with Crippen molar-refractivity contribution in [3.63, 3.8) is 0 Å². The third-order valence-corrected chi connectivity index (χ3v) is 5.85. The van der Waals surface area contributed by atoms with Gasteiger partial charge in [0.15, 0.2) is 0 Å². The minimum atomic E-state index is -0.294. The van der Waals surface area contributed by atoms with Gasteiger partial charge in [-0.3, -0.25) is 9.47 Å². The molecule has 0 spiro atoms. The highest BCUT2D eigenvalue weighted by molar-refractivity contribution is 7.09. The molecular weight excluding hydrogens is 400 g/mol. The van der Waals surface area contributed by atoms with E-state index in [1.54, 1.807) is 23.6 Å². The van der Waals surface area contributed by atoms with Crippen LogP contribution in [0.5, 0.6) is 0 Å². The molecule has 1 aliphatic heterocycles. The molecule has 2 aromatic heterocycles. The number of nitrogens with one attached hydrogen (secondary N) is 1. The van der Waals surface area contributed by atoms with Gasteiger partial charge in [0.05, 0.1) is 17.2 Å². The van der Waals surface area contributed by atoms with Crippen molar-refractivity contribution < 1.29 is 4.79 Å². The number of aromatic nitrogens is 3. The van der Waals surface area contributed by atoms with Gasteiger partial charge in [-0.15, -0.1) is 11.3 Å². The first kappa shape index (κ1) is 20.2. The summed E-state index contributed by atoms with van der Waals surface area (Å²) in [6, 6.07) is 9.16. The van der Waals surface area contributed by atoms with Gasteiger partial charge in [0.25, 0.3) is 0 Å². The van der Waals surface area contributed by atoms with E-state index in [4.69, 9.17) is 0 Å². The number of benzene rings is 1. The van der Waals surface area contributed by atoms with Crippen LogP contribution in [-0.4, -0.2) is 56.5 Å². The molecule has 1 saturated heterocycles. The average Bonchev–Trinajstić information content (AvgIpc) is 3.15. The number of anilines is 1. The molecule has 3 heterocycles. The molecule has 0 radical (unpaired) electrons. The Kier molecular flexibility index (Phi) is 6.20. The van der Waals surface area contributed by atoms with Gasteiger partial charge in [-0.05, 0) is 30.7 Å². The summed E-state index contributed by atoms with van der Waals surface area (Å²) in [7, 11) is 0. The Morgan fingerprint density at radius 1 is 1.17 bits per heavy atom. The number of hydrogen-bond acceptors (Lipinski definition) is 6. The largest absolute Gasteiger partial charge is 0.347 e. The Morgan fingerprint density at radius 3 is 2.73 bits per heavy atom. The summed E-state index contributed by atoms with van der Waals surface area (Å²) in [5.41, 5.74) is 2.44. The SMILES string of the molecule is Cc1nc(CN2CCN(C(=O)Nc3cccc(Cn4cccnc4=O)c3)CC2)cs1. The molecule has 8 nitrogen and oxygen atoms in total. The second-order valence-electron chi connectivity index (χ2n) is 7.28. The van der Waals surface area contributed by atoms with Crippen molar-refractivity contribution in [3.05, 3.63) is 74.9 Å². The van der Waals surface area contributed by atoms with Crippen molar-refractivity contribution in [1.82, 2.24) is 24.3 Å². The molecule has 1 fully saturated rings. The number of carbonyl (C=O) groups excluding carboxylic acids is 1. The van der Waals surface area contributed by atoms with E-state index in [2.05, 4.69) is 25.6 Å². The highest BCUT2D eigenvalue weighted by atomic mass is 32.1. The zero-order valence-corrected chi connectivity index (χ0v) is 17.6. The maximum atomic E-state index is 12.7.